The highest BCUT2D eigenvalue weighted by atomic mass is 14.0. The molecule has 101 valence electrons. The van der Waals surface area contributed by atoms with Crippen molar-refractivity contribution in [2.45, 2.75) is 0 Å². The van der Waals surface area contributed by atoms with Crippen LogP contribution in [-0.4, -0.2) is 0 Å². The molecule has 0 spiro atoms. The van der Waals surface area contributed by atoms with Crippen LogP contribution in [0.1, 0.15) is 11.1 Å². The lowest BCUT2D eigenvalue weighted by Crippen LogP contribution is -1.80. The zero-order valence-corrected chi connectivity index (χ0v) is 12.0. The Balaban J connectivity index is 1.80. The van der Waals surface area contributed by atoms with Gasteiger partial charge in [-0.1, -0.05) is 72.5 Å². The molecular formula is C22H13. The molecule has 0 heteroatoms. The smallest absolute Gasteiger partial charge is 0.0327 e. The molecule has 4 aromatic carbocycles. The van der Waals surface area contributed by atoms with Gasteiger partial charge in [0.25, 0.3) is 0 Å². The van der Waals surface area contributed by atoms with Crippen LogP contribution in [0, 0.1) is 17.9 Å². The SMILES string of the molecule is C(#Cc1cc[c]c2ccccc12)c1ccc2ccccc2c1. The van der Waals surface area contributed by atoms with E-state index in [1.165, 1.54) is 10.8 Å². The summed E-state index contributed by atoms with van der Waals surface area (Å²) in [5.74, 6) is 6.58. The Labute approximate surface area is 130 Å². The summed E-state index contributed by atoms with van der Waals surface area (Å²) in [7, 11) is 0. The maximum atomic E-state index is 3.30. The second-order valence-corrected chi connectivity index (χ2v) is 5.25. The van der Waals surface area contributed by atoms with Crippen LogP contribution in [-0.2, 0) is 0 Å². The van der Waals surface area contributed by atoms with Crippen LogP contribution in [0.25, 0.3) is 21.5 Å². The summed E-state index contributed by atoms with van der Waals surface area (Å²) in [6.45, 7) is 0. The summed E-state index contributed by atoms with van der Waals surface area (Å²) < 4.78 is 0. The highest BCUT2D eigenvalue weighted by Crippen LogP contribution is 2.18. The van der Waals surface area contributed by atoms with Crippen molar-refractivity contribution in [3.63, 3.8) is 0 Å². The van der Waals surface area contributed by atoms with E-state index in [-0.39, 0.29) is 0 Å². The van der Waals surface area contributed by atoms with Gasteiger partial charge in [-0.2, -0.15) is 0 Å². The van der Waals surface area contributed by atoms with E-state index < -0.39 is 0 Å². The van der Waals surface area contributed by atoms with Crippen LogP contribution in [0.15, 0.2) is 78.9 Å². The Bertz CT molecular complexity index is 1020. The Morgan fingerprint density at radius 1 is 0.682 bits per heavy atom. The van der Waals surface area contributed by atoms with Crippen LogP contribution in [0.3, 0.4) is 0 Å². The molecule has 0 aromatic heterocycles. The molecule has 0 bridgehead atoms. The van der Waals surface area contributed by atoms with E-state index in [1.54, 1.807) is 0 Å². The molecule has 0 atom stereocenters. The van der Waals surface area contributed by atoms with Crippen LogP contribution < -0.4 is 0 Å². The summed E-state index contributed by atoms with van der Waals surface area (Å²) in [6.07, 6.45) is 0. The average molecular weight is 277 g/mol. The van der Waals surface area contributed by atoms with Gasteiger partial charge in [0.1, 0.15) is 0 Å². The largest absolute Gasteiger partial charge is 0.0616 e. The zero-order chi connectivity index (χ0) is 14.8. The van der Waals surface area contributed by atoms with Crippen LogP contribution in [0.2, 0.25) is 0 Å². The molecule has 0 fully saturated rings. The molecule has 0 nitrogen and oxygen atoms in total. The van der Waals surface area contributed by atoms with Crippen molar-refractivity contribution < 1.29 is 0 Å². The van der Waals surface area contributed by atoms with Gasteiger partial charge in [0.2, 0.25) is 0 Å². The summed E-state index contributed by atoms with van der Waals surface area (Å²) in [5, 5.41) is 4.72. The van der Waals surface area contributed by atoms with E-state index in [0.29, 0.717) is 0 Å². The number of hydrogen-bond donors (Lipinski definition) is 0. The van der Waals surface area contributed by atoms with Crippen molar-refractivity contribution in [3.05, 3.63) is 96.1 Å². The zero-order valence-electron chi connectivity index (χ0n) is 12.0. The molecule has 1 radical (unpaired) electrons. The highest BCUT2D eigenvalue weighted by Gasteiger charge is 1.97. The molecule has 0 heterocycles. The monoisotopic (exact) mass is 277 g/mol. The van der Waals surface area contributed by atoms with Gasteiger partial charge in [-0.3, -0.25) is 0 Å². The topological polar surface area (TPSA) is 0 Å². The van der Waals surface area contributed by atoms with Gasteiger partial charge in [-0.05, 0) is 45.8 Å². The lowest BCUT2D eigenvalue weighted by Gasteiger charge is -1.99. The van der Waals surface area contributed by atoms with Gasteiger partial charge in [0.15, 0.2) is 0 Å². The fourth-order valence-electron chi connectivity index (χ4n) is 2.66. The molecule has 4 rings (SSSR count). The van der Waals surface area contributed by atoms with Crippen molar-refractivity contribution in [1.29, 1.82) is 0 Å². The van der Waals surface area contributed by atoms with E-state index >= 15 is 0 Å². The van der Waals surface area contributed by atoms with E-state index in [1.807, 2.05) is 24.3 Å². The molecule has 22 heavy (non-hydrogen) atoms. The van der Waals surface area contributed by atoms with Gasteiger partial charge in [-0.25, -0.2) is 0 Å². The standard InChI is InChI=1S/C22H13/c1-2-8-21-16-17(12-14-18(21)6-1)13-15-20-10-5-9-19-7-3-4-11-22(19)20/h1-8,10-12,14,16H. The predicted octanol–water partition coefficient (Wildman–Crippen LogP) is 5.19. The van der Waals surface area contributed by atoms with E-state index in [9.17, 15) is 0 Å². The van der Waals surface area contributed by atoms with Crippen molar-refractivity contribution in [3.8, 4) is 11.8 Å². The molecule has 0 saturated heterocycles. The predicted molar refractivity (Wildman–Crippen MR) is 92.7 cm³/mol. The Morgan fingerprint density at radius 2 is 1.50 bits per heavy atom. The van der Waals surface area contributed by atoms with Gasteiger partial charge >= 0.3 is 0 Å². The lowest BCUT2D eigenvalue weighted by atomic mass is 10.0. The number of fused-ring (bicyclic) bond motifs is 2. The number of rotatable bonds is 0. The molecule has 0 N–H and O–H groups in total. The lowest BCUT2D eigenvalue weighted by molar-refractivity contribution is 1.67. The maximum Gasteiger partial charge on any atom is 0.0327 e. The van der Waals surface area contributed by atoms with Gasteiger partial charge in [0, 0.05) is 11.1 Å². The van der Waals surface area contributed by atoms with Gasteiger partial charge < -0.3 is 0 Å². The second kappa shape index (κ2) is 5.39. The van der Waals surface area contributed by atoms with Gasteiger partial charge in [0.05, 0.1) is 0 Å². The third-order valence-electron chi connectivity index (χ3n) is 3.80. The fraction of sp³-hybridized carbons (Fsp3) is 0. The normalized spacial score (nSPS) is 10.4. The minimum atomic E-state index is 1.04. The van der Waals surface area contributed by atoms with Crippen molar-refractivity contribution in [2.75, 3.05) is 0 Å². The number of benzene rings is 4. The molecule has 0 aliphatic carbocycles. The summed E-state index contributed by atoms with van der Waals surface area (Å²) in [4.78, 5) is 0. The van der Waals surface area contributed by atoms with Gasteiger partial charge in [-0.15, -0.1) is 0 Å². The molecule has 0 aliphatic heterocycles. The van der Waals surface area contributed by atoms with E-state index in [2.05, 4.69) is 72.5 Å². The third-order valence-corrected chi connectivity index (χ3v) is 3.80. The first kappa shape index (κ1) is 12.7. The Kier molecular flexibility index (Phi) is 3.11. The quantitative estimate of drug-likeness (QED) is 0.388. The summed E-state index contributed by atoms with van der Waals surface area (Å²) in [5.41, 5.74) is 2.08. The molecule has 4 aromatic rings. The molecule has 0 unspecified atom stereocenters. The first-order valence-corrected chi connectivity index (χ1v) is 7.30. The fourth-order valence-corrected chi connectivity index (χ4v) is 2.66. The first-order chi connectivity index (χ1) is 10.9. The molecular weight excluding hydrogens is 264 g/mol. The third kappa shape index (κ3) is 2.34. The minimum Gasteiger partial charge on any atom is -0.0616 e. The minimum absolute atomic E-state index is 1.04. The highest BCUT2D eigenvalue weighted by molar-refractivity contribution is 5.88. The summed E-state index contributed by atoms with van der Waals surface area (Å²) >= 11 is 0. The molecule has 0 saturated carbocycles. The Morgan fingerprint density at radius 3 is 2.45 bits per heavy atom. The van der Waals surface area contributed by atoms with Crippen molar-refractivity contribution in [2.24, 2.45) is 0 Å². The molecule has 0 aliphatic rings. The van der Waals surface area contributed by atoms with Crippen molar-refractivity contribution in [1.82, 2.24) is 0 Å². The van der Waals surface area contributed by atoms with E-state index in [0.717, 1.165) is 21.9 Å². The number of hydrogen-bond acceptors (Lipinski definition) is 0. The van der Waals surface area contributed by atoms with E-state index in [4.69, 9.17) is 0 Å². The second-order valence-electron chi connectivity index (χ2n) is 5.25. The van der Waals surface area contributed by atoms with Crippen LogP contribution >= 0.6 is 0 Å². The molecule has 0 amide bonds. The van der Waals surface area contributed by atoms with Crippen LogP contribution in [0.5, 0.6) is 0 Å². The first-order valence-electron chi connectivity index (χ1n) is 7.30. The Hall–Kier alpha value is -3.04. The average Bonchev–Trinajstić information content (AvgIpc) is 2.60. The maximum absolute atomic E-state index is 3.30. The van der Waals surface area contributed by atoms with Crippen LogP contribution in [0.4, 0.5) is 0 Å². The summed E-state index contributed by atoms with van der Waals surface area (Å²) in [6, 6.07) is 30.1. The van der Waals surface area contributed by atoms with Crippen molar-refractivity contribution >= 4 is 21.5 Å².